The number of nitrogens with two attached hydrogens (primary N) is 2. The average molecular weight is 398 g/mol. The predicted molar refractivity (Wildman–Crippen MR) is 80.0 cm³/mol. The van der Waals surface area contributed by atoms with Crippen molar-refractivity contribution in [1.29, 1.82) is 0 Å². The van der Waals surface area contributed by atoms with Gasteiger partial charge in [0.1, 0.15) is 0 Å². The Balaban J connectivity index is 4.42. The summed E-state index contributed by atoms with van der Waals surface area (Å²) in [6, 6.07) is -3.28. The summed E-state index contributed by atoms with van der Waals surface area (Å²) in [6.45, 7) is 0. The Bertz CT molecular complexity index is 446. The minimum absolute atomic E-state index is 0.108. The second kappa shape index (κ2) is 10.9. The summed E-state index contributed by atoms with van der Waals surface area (Å²) in [4.78, 5) is 43.5. The van der Waals surface area contributed by atoms with E-state index in [9.17, 15) is 19.2 Å². The van der Waals surface area contributed by atoms with Crippen LogP contribution in [0, 0.1) is 0 Å². The van der Waals surface area contributed by atoms with Crippen LogP contribution in [0.1, 0.15) is 19.3 Å². The number of hydrogen-bond acceptors (Lipinski definition) is 6. The van der Waals surface area contributed by atoms with Gasteiger partial charge in [-0.25, -0.2) is 0 Å². The van der Waals surface area contributed by atoms with Crippen LogP contribution in [0.4, 0.5) is 0 Å². The summed E-state index contributed by atoms with van der Waals surface area (Å²) in [7, 11) is 0. The van der Waals surface area contributed by atoms with Gasteiger partial charge in [0.2, 0.25) is 0 Å². The van der Waals surface area contributed by atoms with E-state index < -0.39 is 41.9 Å². The van der Waals surface area contributed by atoms with Crippen molar-refractivity contribution in [2.24, 2.45) is 11.5 Å². The van der Waals surface area contributed by atoms with Gasteiger partial charge in [0.15, 0.2) is 0 Å². The number of carbonyl (C=O) groups is 4. The third-order valence-electron chi connectivity index (χ3n) is 2.84. The second-order valence-corrected chi connectivity index (χ2v) is 7.17. The number of amides is 1. The van der Waals surface area contributed by atoms with E-state index in [0.29, 0.717) is 5.32 Å². The molecule has 0 bridgehead atoms. The van der Waals surface area contributed by atoms with Crippen LogP contribution in [0.2, 0.25) is 10.6 Å². The average Bonchev–Trinajstić information content (AvgIpc) is 2.43. The van der Waals surface area contributed by atoms with Crippen molar-refractivity contribution in [3.63, 3.8) is 0 Å². The molecular weight excluding hydrogens is 377 g/mol. The molecule has 0 aromatic rings. The zero-order valence-corrected chi connectivity index (χ0v) is 14.0. The molecule has 0 unspecified atom stereocenters. The van der Waals surface area contributed by atoms with Gasteiger partial charge in [0, 0.05) is 0 Å². The number of carboxylic acids is 3. The van der Waals surface area contributed by atoms with Gasteiger partial charge >= 0.3 is 138 Å². The van der Waals surface area contributed by atoms with Gasteiger partial charge < -0.3 is 0 Å². The van der Waals surface area contributed by atoms with Crippen LogP contribution in [-0.4, -0.2) is 72.2 Å². The van der Waals surface area contributed by atoms with E-state index in [1.165, 1.54) is 0 Å². The Morgan fingerprint density at radius 2 is 1.48 bits per heavy atom. The number of primary amides is 1. The maximum absolute atomic E-state index is 11.2. The topological polar surface area (TPSA) is 193 Å². The van der Waals surface area contributed by atoms with Crippen LogP contribution < -0.4 is 16.8 Å². The monoisotopic (exact) mass is 399 g/mol. The van der Waals surface area contributed by atoms with E-state index in [1.54, 1.807) is 0 Å². The first-order chi connectivity index (χ1) is 10.6. The summed E-state index contributed by atoms with van der Waals surface area (Å²) < 4.78 is 0. The molecule has 0 saturated carbocycles. The minimum atomic E-state index is -1.27. The Morgan fingerprint density at radius 3 is 1.91 bits per heavy atom. The van der Waals surface area contributed by atoms with Gasteiger partial charge in [-0.2, -0.15) is 0 Å². The normalized spacial score (nSPS) is 14.7. The van der Waals surface area contributed by atoms with Crippen LogP contribution >= 0.6 is 0 Å². The molecule has 10 nitrogen and oxygen atoms in total. The van der Waals surface area contributed by atoms with Crippen molar-refractivity contribution >= 4 is 38.8 Å². The molecule has 0 radical (unpaired) electrons. The van der Waals surface area contributed by atoms with Gasteiger partial charge in [-0.05, 0) is 0 Å². The SMILES string of the molecule is NC(=O)CC[C@H](N[C@@H](CC[Se]C[C@H](N)C(=O)O)C(=O)O)C(=O)O. The molecule has 0 aromatic carbocycles. The van der Waals surface area contributed by atoms with Crippen molar-refractivity contribution in [1.82, 2.24) is 5.32 Å². The Hall–Kier alpha value is -1.68. The Kier molecular flexibility index (Phi) is 10.1. The van der Waals surface area contributed by atoms with Gasteiger partial charge in [-0.3, -0.25) is 0 Å². The van der Waals surface area contributed by atoms with E-state index in [4.69, 9.17) is 26.8 Å². The van der Waals surface area contributed by atoms with E-state index in [0.717, 1.165) is 0 Å². The second-order valence-electron chi connectivity index (χ2n) is 4.76. The number of rotatable bonds is 13. The third kappa shape index (κ3) is 9.84. The Labute approximate surface area is 138 Å². The zero-order valence-electron chi connectivity index (χ0n) is 12.3. The molecule has 8 N–H and O–H groups in total. The van der Waals surface area contributed by atoms with Crippen LogP contribution in [0.15, 0.2) is 0 Å². The molecular formula is C12H21N3O7Se. The van der Waals surface area contributed by atoms with Crippen molar-refractivity contribution in [3.05, 3.63) is 0 Å². The molecule has 1 amide bonds. The number of carboxylic acid groups (broad SMARTS) is 3. The zero-order chi connectivity index (χ0) is 18.0. The number of carbonyl (C=O) groups excluding carboxylic acids is 1. The molecule has 0 aromatic heterocycles. The van der Waals surface area contributed by atoms with E-state index in [1.807, 2.05) is 0 Å². The summed E-state index contributed by atoms with van der Waals surface area (Å²) in [5, 5.41) is 30.0. The Morgan fingerprint density at radius 1 is 0.957 bits per heavy atom. The van der Waals surface area contributed by atoms with Crippen LogP contribution in [0.25, 0.3) is 0 Å². The quantitative estimate of drug-likeness (QED) is 0.152. The first-order valence-corrected chi connectivity index (χ1v) is 9.13. The molecule has 0 aliphatic rings. The fourth-order valence-corrected chi connectivity index (χ4v) is 3.59. The van der Waals surface area contributed by atoms with Crippen molar-refractivity contribution in [2.45, 2.75) is 48.0 Å². The molecule has 0 aliphatic carbocycles. The summed E-state index contributed by atoms with van der Waals surface area (Å²) >= 11 is -0.168. The van der Waals surface area contributed by atoms with Crippen LogP contribution in [0.3, 0.4) is 0 Å². The number of nitrogens with one attached hydrogen (secondary N) is 1. The van der Waals surface area contributed by atoms with E-state index in [2.05, 4.69) is 5.32 Å². The standard InChI is InChI=1S/C12H21N3O7Se/c13-6(10(17)18)5-23-4-3-8(12(21)22)15-7(11(19)20)1-2-9(14)16/h6-8,15H,1-5,13H2,(H2,14,16)(H,17,18)(H,19,20)(H,21,22)/t6-,7-,8-/m0/s1. The predicted octanol–water partition coefficient (Wildman–Crippen LogP) is -1.91. The van der Waals surface area contributed by atoms with Gasteiger partial charge in [0.05, 0.1) is 0 Å². The van der Waals surface area contributed by atoms with E-state index in [-0.39, 0.29) is 39.5 Å². The molecule has 132 valence electrons. The van der Waals surface area contributed by atoms with E-state index >= 15 is 0 Å². The molecule has 0 saturated heterocycles. The summed E-state index contributed by atoms with van der Waals surface area (Å²) in [5.41, 5.74) is 10.3. The molecule has 11 heteroatoms. The number of hydrogen-bond donors (Lipinski definition) is 6. The number of aliphatic carboxylic acids is 3. The van der Waals surface area contributed by atoms with Gasteiger partial charge in [-0.15, -0.1) is 0 Å². The molecule has 0 rings (SSSR count). The first-order valence-electron chi connectivity index (χ1n) is 6.71. The summed E-state index contributed by atoms with van der Waals surface area (Å²) in [6.07, 6.45) is -0.140. The van der Waals surface area contributed by atoms with Gasteiger partial charge in [0.25, 0.3) is 0 Å². The third-order valence-corrected chi connectivity index (χ3v) is 5.19. The van der Waals surface area contributed by atoms with Crippen LogP contribution in [0.5, 0.6) is 0 Å². The molecule has 0 spiro atoms. The fourth-order valence-electron chi connectivity index (χ4n) is 1.57. The first kappa shape index (κ1) is 21.3. The maximum atomic E-state index is 11.2. The van der Waals surface area contributed by atoms with Crippen molar-refractivity contribution in [2.75, 3.05) is 0 Å². The van der Waals surface area contributed by atoms with Gasteiger partial charge in [-0.1, -0.05) is 0 Å². The summed E-state index contributed by atoms with van der Waals surface area (Å²) in [5.74, 6) is -4.27. The molecule has 23 heavy (non-hydrogen) atoms. The fraction of sp³-hybridized carbons (Fsp3) is 0.667. The molecule has 0 aliphatic heterocycles. The van der Waals surface area contributed by atoms with Crippen molar-refractivity contribution in [3.8, 4) is 0 Å². The van der Waals surface area contributed by atoms with Crippen molar-refractivity contribution < 1.29 is 34.5 Å². The van der Waals surface area contributed by atoms with Crippen LogP contribution in [-0.2, 0) is 19.2 Å². The molecule has 0 heterocycles. The molecule has 3 atom stereocenters. The molecule has 0 fully saturated rings.